The first-order valence-corrected chi connectivity index (χ1v) is 12.2. The summed E-state index contributed by atoms with van der Waals surface area (Å²) < 4.78 is 13.1. The van der Waals surface area contributed by atoms with Gasteiger partial charge in [0.05, 0.1) is 12.0 Å². The average Bonchev–Trinajstić information content (AvgIpc) is 3.34. The number of likely N-dealkylation sites (tertiary alicyclic amines) is 1. The highest BCUT2D eigenvalue weighted by molar-refractivity contribution is 6.05. The summed E-state index contributed by atoms with van der Waals surface area (Å²) in [4.78, 5) is 49.3. The summed E-state index contributed by atoms with van der Waals surface area (Å²) in [6.07, 6.45) is 0.391. The molecule has 1 fully saturated rings. The molecule has 0 radical (unpaired) electrons. The summed E-state index contributed by atoms with van der Waals surface area (Å²) in [5, 5.41) is 14.4. The topological polar surface area (TPSA) is 123 Å². The molecule has 38 heavy (non-hydrogen) atoms. The van der Waals surface area contributed by atoms with Gasteiger partial charge in [0.15, 0.2) is 0 Å². The van der Waals surface area contributed by atoms with Crippen LogP contribution in [0.4, 0.5) is 15.8 Å². The molecule has 1 aliphatic heterocycles. The number of benzene rings is 2. The van der Waals surface area contributed by atoms with E-state index >= 15 is 0 Å². The summed E-state index contributed by atoms with van der Waals surface area (Å²) in [7, 11) is 3.05. The third kappa shape index (κ3) is 10.8. The van der Waals surface area contributed by atoms with E-state index in [1.807, 2.05) is 12.1 Å². The average molecular weight is 526 g/mol. The van der Waals surface area contributed by atoms with Crippen molar-refractivity contribution in [1.82, 2.24) is 10.2 Å². The predicted molar refractivity (Wildman–Crippen MR) is 144 cm³/mol. The molecule has 9 nitrogen and oxygen atoms in total. The van der Waals surface area contributed by atoms with Gasteiger partial charge in [-0.05, 0) is 48.7 Å². The van der Waals surface area contributed by atoms with Crippen LogP contribution in [0.25, 0.3) is 0 Å². The Kier molecular flexibility index (Phi) is 13.8. The fourth-order valence-electron chi connectivity index (χ4n) is 3.35. The van der Waals surface area contributed by atoms with E-state index in [1.165, 1.54) is 41.1 Å². The van der Waals surface area contributed by atoms with E-state index in [-0.39, 0.29) is 18.9 Å². The van der Waals surface area contributed by atoms with Gasteiger partial charge < -0.3 is 20.4 Å². The Labute approximate surface area is 223 Å². The molecule has 204 valence electrons. The number of hydrogen-bond acceptors (Lipinski definition) is 5. The van der Waals surface area contributed by atoms with Crippen molar-refractivity contribution >= 4 is 35.5 Å². The highest BCUT2D eigenvalue weighted by Gasteiger charge is 2.39. The number of nitriles is 1. The number of rotatable bonds is 6. The molecule has 0 spiro atoms. The number of nitrogens with one attached hydrogen (secondary N) is 2. The maximum absolute atomic E-state index is 13.1. The second-order valence-corrected chi connectivity index (χ2v) is 9.22. The predicted octanol–water partition coefficient (Wildman–Crippen LogP) is 3.58. The van der Waals surface area contributed by atoms with Crippen LogP contribution in [-0.4, -0.2) is 55.7 Å². The number of hydrogen-bond donors (Lipinski definition) is 2. The summed E-state index contributed by atoms with van der Waals surface area (Å²) in [5.74, 6) is -1.41. The molecular weight excluding hydrogens is 489 g/mol. The van der Waals surface area contributed by atoms with Gasteiger partial charge in [-0.15, -0.1) is 0 Å². The number of amides is 4. The third-order valence-electron chi connectivity index (χ3n) is 5.19. The lowest BCUT2D eigenvalue weighted by molar-refractivity contribution is -0.135. The molecule has 3 rings (SSSR count). The minimum absolute atomic E-state index is 0.0727. The fourth-order valence-corrected chi connectivity index (χ4v) is 3.35. The molecule has 2 aromatic rings. The molecule has 0 saturated carbocycles. The van der Waals surface area contributed by atoms with Crippen molar-refractivity contribution in [2.75, 3.05) is 30.9 Å². The summed E-state index contributed by atoms with van der Waals surface area (Å²) >= 11 is 0. The van der Waals surface area contributed by atoms with Crippen molar-refractivity contribution < 1.29 is 23.6 Å². The van der Waals surface area contributed by atoms with Crippen LogP contribution in [0.1, 0.15) is 33.6 Å². The molecule has 0 aromatic heterocycles. The zero-order valence-electron chi connectivity index (χ0n) is 22.5. The second kappa shape index (κ2) is 16.5. The largest absolute Gasteiger partial charge is 0.362 e. The molecule has 4 amide bonds. The van der Waals surface area contributed by atoms with E-state index in [9.17, 15) is 24.0 Å². The van der Waals surface area contributed by atoms with Crippen molar-refractivity contribution in [3.05, 3.63) is 60.4 Å². The summed E-state index contributed by atoms with van der Waals surface area (Å²) in [6.45, 7) is 6.57. The molecular formula is C28H36FN5O4. The van der Waals surface area contributed by atoms with Gasteiger partial charge in [-0.1, -0.05) is 39.0 Å². The van der Waals surface area contributed by atoms with Crippen LogP contribution in [0.3, 0.4) is 0 Å². The maximum atomic E-state index is 13.1. The van der Waals surface area contributed by atoms with E-state index < -0.39 is 36.0 Å². The first-order valence-electron chi connectivity index (χ1n) is 12.2. The summed E-state index contributed by atoms with van der Waals surface area (Å²) in [6, 6.07) is 15.5. The number of anilines is 2. The van der Waals surface area contributed by atoms with Crippen molar-refractivity contribution in [2.24, 2.45) is 11.8 Å². The second-order valence-electron chi connectivity index (χ2n) is 9.22. The third-order valence-corrected chi connectivity index (χ3v) is 5.19. The lowest BCUT2D eigenvalue weighted by atomic mass is 10.1. The number of carbonyl (C=O) groups excluding carboxylic acids is 4. The van der Waals surface area contributed by atoms with Gasteiger partial charge in [-0.3, -0.25) is 19.2 Å². The van der Waals surface area contributed by atoms with Gasteiger partial charge in [0, 0.05) is 32.0 Å². The SMILES string of the molecule is CC(C)C.CN(C(=O)CC(=O)N1CC(C(=O)Nc2ccccc2)CC1C#N)c1ccc(F)cc1.CNC=O. The quantitative estimate of drug-likeness (QED) is 0.441. The van der Waals surface area contributed by atoms with Crippen molar-refractivity contribution in [2.45, 2.75) is 39.7 Å². The van der Waals surface area contributed by atoms with Crippen LogP contribution >= 0.6 is 0 Å². The molecule has 1 aliphatic rings. The fraction of sp³-hybridized carbons (Fsp3) is 0.393. The van der Waals surface area contributed by atoms with Crippen LogP contribution in [0.5, 0.6) is 0 Å². The zero-order valence-corrected chi connectivity index (χ0v) is 22.5. The van der Waals surface area contributed by atoms with Gasteiger partial charge in [0.1, 0.15) is 18.3 Å². The molecule has 2 atom stereocenters. The van der Waals surface area contributed by atoms with Gasteiger partial charge in [0.2, 0.25) is 24.1 Å². The van der Waals surface area contributed by atoms with Crippen LogP contribution in [0.15, 0.2) is 54.6 Å². The van der Waals surface area contributed by atoms with Crippen LogP contribution in [-0.2, 0) is 19.2 Å². The molecule has 0 aliphatic carbocycles. The summed E-state index contributed by atoms with van der Waals surface area (Å²) in [5.41, 5.74) is 1.09. The van der Waals surface area contributed by atoms with Gasteiger partial charge in [-0.25, -0.2) is 4.39 Å². The zero-order chi connectivity index (χ0) is 28.7. The monoisotopic (exact) mass is 525 g/mol. The highest BCUT2D eigenvalue weighted by Crippen LogP contribution is 2.25. The normalized spacial score (nSPS) is 15.6. The van der Waals surface area contributed by atoms with Crippen molar-refractivity contribution in [1.29, 1.82) is 5.26 Å². The first kappa shape index (κ1) is 31.8. The van der Waals surface area contributed by atoms with Crippen LogP contribution in [0, 0.1) is 29.0 Å². The minimum Gasteiger partial charge on any atom is -0.362 e. The van der Waals surface area contributed by atoms with E-state index in [0.717, 1.165) is 5.92 Å². The molecule has 1 saturated heterocycles. The number of halogens is 1. The Morgan fingerprint density at radius 1 is 1.13 bits per heavy atom. The van der Waals surface area contributed by atoms with Gasteiger partial charge in [0.25, 0.3) is 0 Å². The molecule has 10 heteroatoms. The highest BCUT2D eigenvalue weighted by atomic mass is 19.1. The Balaban J connectivity index is 0.000000794. The van der Waals surface area contributed by atoms with E-state index in [2.05, 4.69) is 31.4 Å². The first-order chi connectivity index (χ1) is 18.0. The van der Waals surface area contributed by atoms with Crippen molar-refractivity contribution in [3.8, 4) is 6.07 Å². The molecule has 2 aromatic carbocycles. The maximum Gasteiger partial charge on any atom is 0.236 e. The molecule has 1 heterocycles. The Hall–Kier alpha value is -4.26. The van der Waals surface area contributed by atoms with Crippen LogP contribution < -0.4 is 15.5 Å². The van der Waals surface area contributed by atoms with Crippen LogP contribution in [0.2, 0.25) is 0 Å². The smallest absolute Gasteiger partial charge is 0.236 e. The van der Waals surface area contributed by atoms with Gasteiger partial charge >= 0.3 is 0 Å². The number of nitrogens with zero attached hydrogens (tertiary/aromatic N) is 3. The number of para-hydroxylation sites is 1. The minimum atomic E-state index is -0.770. The Bertz CT molecular complexity index is 1080. The van der Waals surface area contributed by atoms with E-state index in [0.29, 0.717) is 17.8 Å². The standard InChI is InChI=1S/C22H21FN4O3.C4H10.C2H5NO/c1-26(18-9-7-16(23)8-10-18)20(28)12-21(29)27-14-15(11-19(27)13-24)22(30)25-17-5-3-2-4-6-17;1-4(2)3;1-3-2-4/h2-10,15,19H,11-12,14H2,1H3,(H,25,30);4H,1-3H3;2H,1H3,(H,3,4). The Morgan fingerprint density at radius 3 is 2.18 bits per heavy atom. The lowest BCUT2D eigenvalue weighted by Crippen LogP contribution is -2.39. The van der Waals surface area contributed by atoms with E-state index in [4.69, 9.17) is 4.79 Å². The molecule has 2 unspecified atom stereocenters. The van der Waals surface area contributed by atoms with Gasteiger partial charge in [-0.2, -0.15) is 5.26 Å². The van der Waals surface area contributed by atoms with E-state index in [1.54, 1.807) is 31.3 Å². The number of carbonyl (C=O) groups is 4. The molecule has 2 N–H and O–H groups in total. The lowest BCUT2D eigenvalue weighted by Gasteiger charge is -2.22. The Morgan fingerprint density at radius 2 is 1.68 bits per heavy atom. The molecule has 0 bridgehead atoms. The van der Waals surface area contributed by atoms with Crippen molar-refractivity contribution in [3.63, 3.8) is 0 Å².